The molecular formula is C20H24FN3O. The van der Waals surface area contributed by atoms with Crippen LogP contribution < -0.4 is 10.6 Å². The first kappa shape index (κ1) is 17.5. The number of pyridine rings is 1. The van der Waals surface area contributed by atoms with E-state index in [2.05, 4.69) is 21.7 Å². The van der Waals surface area contributed by atoms with Gasteiger partial charge in [0.25, 0.3) is 0 Å². The summed E-state index contributed by atoms with van der Waals surface area (Å²) >= 11 is 0. The molecule has 1 aliphatic rings. The number of aromatic nitrogens is 1. The zero-order valence-corrected chi connectivity index (χ0v) is 14.7. The van der Waals surface area contributed by atoms with Crippen LogP contribution in [-0.2, 0) is 10.3 Å². The van der Waals surface area contributed by atoms with Gasteiger partial charge in [-0.05, 0) is 68.1 Å². The molecule has 2 N–H and O–H groups in total. The average Bonchev–Trinajstić information content (AvgIpc) is 3.43. The molecular weight excluding hydrogens is 317 g/mol. The predicted molar refractivity (Wildman–Crippen MR) is 96.9 cm³/mol. The Bertz CT molecular complexity index is 760. The first-order chi connectivity index (χ1) is 12.1. The van der Waals surface area contributed by atoms with Crippen LogP contribution in [0.1, 0.15) is 42.5 Å². The number of halogens is 1. The van der Waals surface area contributed by atoms with Crippen LogP contribution in [0.3, 0.4) is 0 Å². The van der Waals surface area contributed by atoms with Crippen molar-refractivity contribution in [2.45, 2.75) is 38.1 Å². The zero-order chi connectivity index (χ0) is 17.9. The molecule has 0 bridgehead atoms. The molecule has 1 unspecified atom stereocenters. The smallest absolute Gasteiger partial charge is 0.211 e. The van der Waals surface area contributed by atoms with Gasteiger partial charge in [0, 0.05) is 11.9 Å². The van der Waals surface area contributed by atoms with E-state index in [9.17, 15) is 9.18 Å². The molecule has 1 atom stereocenters. The molecule has 1 fully saturated rings. The maximum absolute atomic E-state index is 14.0. The van der Waals surface area contributed by atoms with E-state index in [-0.39, 0.29) is 5.69 Å². The first-order valence-electron chi connectivity index (χ1n) is 8.71. The molecule has 3 rings (SSSR count). The monoisotopic (exact) mass is 341 g/mol. The normalized spacial score (nSPS) is 16.3. The molecule has 0 saturated heterocycles. The van der Waals surface area contributed by atoms with Gasteiger partial charge in [0.15, 0.2) is 0 Å². The molecule has 1 saturated carbocycles. The Hall–Kier alpha value is -2.27. The van der Waals surface area contributed by atoms with Crippen molar-refractivity contribution in [1.29, 1.82) is 0 Å². The SMILES string of the molecule is CNC(CCC1CC1)(c1ccnc(C)c1)c1ccc(F)c(NC=O)c1. The highest BCUT2D eigenvalue weighted by molar-refractivity contribution is 5.72. The summed E-state index contributed by atoms with van der Waals surface area (Å²) in [6.45, 7) is 1.97. The lowest BCUT2D eigenvalue weighted by molar-refractivity contribution is -0.105. The third-order valence-corrected chi connectivity index (χ3v) is 5.11. The van der Waals surface area contributed by atoms with Crippen molar-refractivity contribution >= 4 is 12.1 Å². The Labute approximate surface area is 147 Å². The number of nitrogens with zero attached hydrogens (tertiary/aromatic N) is 1. The minimum Gasteiger partial charge on any atom is -0.326 e. The second-order valence-corrected chi connectivity index (χ2v) is 6.78. The van der Waals surface area contributed by atoms with Crippen molar-refractivity contribution in [3.63, 3.8) is 0 Å². The van der Waals surface area contributed by atoms with Crippen LogP contribution in [-0.4, -0.2) is 18.4 Å². The molecule has 5 heteroatoms. The molecule has 1 amide bonds. The van der Waals surface area contributed by atoms with Gasteiger partial charge in [0.05, 0.1) is 11.2 Å². The van der Waals surface area contributed by atoms with E-state index in [1.54, 1.807) is 12.1 Å². The number of hydrogen-bond donors (Lipinski definition) is 2. The third-order valence-electron chi connectivity index (χ3n) is 5.11. The Morgan fingerprint density at radius 2 is 2.04 bits per heavy atom. The van der Waals surface area contributed by atoms with E-state index in [1.807, 2.05) is 26.2 Å². The minimum absolute atomic E-state index is 0.198. The van der Waals surface area contributed by atoms with Crippen LogP contribution in [0.2, 0.25) is 0 Å². The van der Waals surface area contributed by atoms with Crippen molar-refractivity contribution in [2.75, 3.05) is 12.4 Å². The summed E-state index contributed by atoms with van der Waals surface area (Å²) in [7, 11) is 1.93. The van der Waals surface area contributed by atoms with E-state index in [0.717, 1.165) is 35.6 Å². The van der Waals surface area contributed by atoms with Gasteiger partial charge in [-0.1, -0.05) is 18.9 Å². The number of benzene rings is 1. The van der Waals surface area contributed by atoms with Gasteiger partial charge in [0.1, 0.15) is 5.82 Å². The largest absolute Gasteiger partial charge is 0.326 e. The van der Waals surface area contributed by atoms with Crippen LogP contribution >= 0.6 is 0 Å². The minimum atomic E-state index is -0.441. The number of anilines is 1. The maximum Gasteiger partial charge on any atom is 0.211 e. The first-order valence-corrected chi connectivity index (χ1v) is 8.71. The molecule has 1 heterocycles. The van der Waals surface area contributed by atoms with Crippen molar-refractivity contribution < 1.29 is 9.18 Å². The number of carbonyl (C=O) groups excluding carboxylic acids is 1. The van der Waals surface area contributed by atoms with Gasteiger partial charge in [0.2, 0.25) is 6.41 Å². The standard InChI is InChI=1S/C20H24FN3O/c1-14-11-17(8-10-23-14)20(22-2,9-7-15-3-4-15)16-5-6-18(21)19(12-16)24-13-25/h5-6,8,10-13,15,22H,3-4,7,9H2,1-2H3,(H,24,25). The van der Waals surface area contributed by atoms with Crippen LogP contribution in [0.5, 0.6) is 0 Å². The highest BCUT2D eigenvalue weighted by atomic mass is 19.1. The lowest BCUT2D eigenvalue weighted by Crippen LogP contribution is -2.41. The van der Waals surface area contributed by atoms with Gasteiger partial charge in [-0.2, -0.15) is 0 Å². The molecule has 132 valence electrons. The molecule has 0 spiro atoms. The van der Waals surface area contributed by atoms with E-state index in [4.69, 9.17) is 0 Å². The summed E-state index contributed by atoms with van der Waals surface area (Å²) in [6, 6.07) is 9.01. The Morgan fingerprint density at radius 1 is 1.28 bits per heavy atom. The van der Waals surface area contributed by atoms with Crippen molar-refractivity contribution in [3.05, 3.63) is 59.2 Å². The molecule has 0 radical (unpaired) electrons. The number of amides is 1. The fraction of sp³-hybridized carbons (Fsp3) is 0.400. The number of rotatable bonds is 8. The quantitative estimate of drug-likeness (QED) is 0.719. The van der Waals surface area contributed by atoms with Crippen LogP contribution in [0.15, 0.2) is 36.5 Å². The zero-order valence-electron chi connectivity index (χ0n) is 14.7. The summed E-state index contributed by atoms with van der Waals surface area (Å²) in [4.78, 5) is 15.1. The van der Waals surface area contributed by atoms with Crippen LogP contribution in [0, 0.1) is 18.7 Å². The van der Waals surface area contributed by atoms with Crippen LogP contribution in [0.4, 0.5) is 10.1 Å². The molecule has 25 heavy (non-hydrogen) atoms. The molecule has 0 aliphatic heterocycles. The van der Waals surface area contributed by atoms with Crippen molar-refractivity contribution in [1.82, 2.24) is 10.3 Å². The summed E-state index contributed by atoms with van der Waals surface area (Å²) < 4.78 is 14.0. The van der Waals surface area contributed by atoms with Gasteiger partial charge in [-0.3, -0.25) is 9.78 Å². The van der Waals surface area contributed by atoms with Gasteiger partial charge < -0.3 is 10.6 Å². The summed E-state index contributed by atoms with van der Waals surface area (Å²) in [6.07, 6.45) is 6.90. The molecule has 4 nitrogen and oxygen atoms in total. The van der Waals surface area contributed by atoms with Crippen LogP contribution in [0.25, 0.3) is 0 Å². The number of hydrogen-bond acceptors (Lipinski definition) is 3. The topological polar surface area (TPSA) is 54.0 Å². The second kappa shape index (κ2) is 7.31. The number of aryl methyl sites for hydroxylation is 1. The molecule has 1 aromatic carbocycles. The maximum atomic E-state index is 14.0. The second-order valence-electron chi connectivity index (χ2n) is 6.78. The molecule has 1 aliphatic carbocycles. The summed E-state index contributed by atoms with van der Waals surface area (Å²) in [5, 5.41) is 5.94. The van der Waals surface area contributed by atoms with Gasteiger partial charge in [-0.25, -0.2) is 4.39 Å². The van der Waals surface area contributed by atoms with E-state index in [0.29, 0.717) is 6.41 Å². The average molecular weight is 341 g/mol. The Kier molecular flexibility index (Phi) is 5.13. The van der Waals surface area contributed by atoms with Crippen molar-refractivity contribution in [2.24, 2.45) is 5.92 Å². The fourth-order valence-corrected chi connectivity index (χ4v) is 3.47. The Balaban J connectivity index is 2.08. The van der Waals surface area contributed by atoms with E-state index in [1.165, 1.54) is 18.9 Å². The van der Waals surface area contributed by atoms with Gasteiger partial charge >= 0.3 is 0 Å². The third kappa shape index (κ3) is 3.71. The van der Waals surface area contributed by atoms with E-state index < -0.39 is 11.4 Å². The molecule has 1 aromatic heterocycles. The molecule has 2 aromatic rings. The number of carbonyl (C=O) groups is 1. The number of nitrogens with one attached hydrogen (secondary N) is 2. The Morgan fingerprint density at radius 3 is 2.68 bits per heavy atom. The lowest BCUT2D eigenvalue weighted by Gasteiger charge is -2.35. The highest BCUT2D eigenvalue weighted by Crippen LogP contribution is 2.41. The highest BCUT2D eigenvalue weighted by Gasteiger charge is 2.35. The predicted octanol–water partition coefficient (Wildman–Crippen LogP) is 3.75. The summed E-state index contributed by atoms with van der Waals surface area (Å²) in [5.74, 6) is 0.345. The van der Waals surface area contributed by atoms with E-state index >= 15 is 0 Å². The van der Waals surface area contributed by atoms with Crippen molar-refractivity contribution in [3.8, 4) is 0 Å². The summed E-state index contributed by atoms with van der Waals surface area (Å²) in [5.41, 5.74) is 2.74. The van der Waals surface area contributed by atoms with Gasteiger partial charge in [-0.15, -0.1) is 0 Å². The lowest BCUT2D eigenvalue weighted by atomic mass is 9.78. The fourth-order valence-electron chi connectivity index (χ4n) is 3.47.